The Morgan fingerprint density at radius 2 is 1.04 bits per heavy atom. The first-order valence-corrected chi connectivity index (χ1v) is 9.60. The van der Waals surface area contributed by atoms with Crippen LogP contribution in [0.25, 0.3) is 0 Å². The maximum Gasteiger partial charge on any atom is 0 e. The minimum atomic E-state index is -1.16. The van der Waals surface area contributed by atoms with E-state index in [1.807, 2.05) is 0 Å². The molecule has 0 spiro atoms. The normalized spacial score (nSPS) is 9.74. The van der Waals surface area contributed by atoms with E-state index in [0.29, 0.717) is 0 Å². The van der Waals surface area contributed by atoms with E-state index in [-0.39, 0.29) is 33.6 Å². The second-order valence-corrected chi connectivity index (χ2v) is 9.19. The third-order valence-electron chi connectivity index (χ3n) is 1.87. The molecule has 0 aromatic heterocycles. The summed E-state index contributed by atoms with van der Waals surface area (Å²) in [7, 11) is -1.16. The van der Waals surface area contributed by atoms with Crippen LogP contribution in [0.5, 0.6) is 0 Å². The summed E-state index contributed by atoms with van der Waals surface area (Å²) >= 11 is 0. The molecule has 0 N–H and O–H groups in total. The van der Waals surface area contributed by atoms with Crippen molar-refractivity contribution in [1.29, 1.82) is 0 Å². The molecule has 0 bridgehead atoms. The van der Waals surface area contributed by atoms with Gasteiger partial charge in [-0.05, 0) is 0 Å². The minimum absolute atomic E-state index is 0. The van der Waals surface area contributed by atoms with Gasteiger partial charge < -0.3 is 4.74 Å². The van der Waals surface area contributed by atoms with E-state index in [0.717, 1.165) is 32.8 Å². The Morgan fingerprint density at radius 1 is 0.741 bits per heavy atom. The molecule has 1 aliphatic rings. The Bertz CT molecular complexity index is 391. The van der Waals surface area contributed by atoms with Gasteiger partial charge in [-0.15, -0.1) is 5.54 Å². The molecule has 27 heavy (non-hydrogen) atoms. The third-order valence-corrected chi connectivity index (χ3v) is 2.80. The summed E-state index contributed by atoms with van der Waals surface area (Å²) in [4.78, 5) is 2.36. The van der Waals surface area contributed by atoms with Crippen LogP contribution in [0, 0.1) is 51.4 Å². The van der Waals surface area contributed by atoms with Gasteiger partial charge in [0.25, 0.3) is 0 Å². The maximum absolute atomic E-state index is 7.50. The number of ether oxygens (including phenoxy) is 1. The molecule has 0 aromatic rings. The molecule has 0 amide bonds. The van der Waals surface area contributed by atoms with Gasteiger partial charge in [-0.2, -0.15) is 0 Å². The topological polar surface area (TPSA) is 132 Å². The first-order chi connectivity index (χ1) is 12.1. The van der Waals surface area contributed by atoms with E-state index in [1.165, 1.54) is 0 Å². The molecule has 11 heteroatoms. The number of nitrogens with zero attached hydrogens (tertiary/aromatic N) is 1. The molecular weight excluding hydrogens is 464 g/mol. The Kier molecular flexibility index (Phi) is 105. The van der Waals surface area contributed by atoms with E-state index in [4.69, 9.17) is 32.6 Å². The van der Waals surface area contributed by atoms with Crippen molar-refractivity contribution in [2.75, 3.05) is 32.8 Å². The van der Waals surface area contributed by atoms with Crippen LogP contribution in [0.1, 0.15) is 0 Å². The Balaban J connectivity index is -0.0000000370. The van der Waals surface area contributed by atoms with Crippen molar-refractivity contribution in [3.05, 3.63) is 39.9 Å². The molecular formula is C16H19Co2NO7Si. The summed E-state index contributed by atoms with van der Waals surface area (Å²) in [6.45, 7) is 38.6. The summed E-state index contributed by atoms with van der Waals surface area (Å²) in [5, 5.41) is 0. The molecule has 0 aliphatic carbocycles. The second kappa shape index (κ2) is 56.2. The van der Waals surface area contributed by atoms with Crippen LogP contribution >= 0.6 is 0 Å². The molecule has 1 saturated heterocycles. The number of hydrogen-bond acceptors (Lipinski definition) is 2. The fraction of sp³-hybridized carbons (Fsp3) is 0.500. The van der Waals surface area contributed by atoms with Gasteiger partial charge in [-0.25, -0.2) is 0 Å². The van der Waals surface area contributed by atoms with E-state index >= 15 is 0 Å². The van der Waals surface area contributed by atoms with Gasteiger partial charge >= 0.3 is 67.8 Å². The SMILES string of the molecule is C[Si](C)(C)C#CCN1CCOCC1.[C-]#[O+].[C-]#[O+].[C-]#[O+].[C-]#[O+].[C-]#[O+].[C-]#[O+].[Co].[Co]. The Hall–Kier alpha value is -0.850. The van der Waals surface area contributed by atoms with Crippen molar-refractivity contribution >= 4 is 8.07 Å². The Morgan fingerprint density at radius 3 is 1.30 bits per heavy atom. The number of rotatable bonds is 1. The molecule has 0 aromatic carbocycles. The van der Waals surface area contributed by atoms with Crippen molar-refractivity contribution in [3.8, 4) is 11.5 Å². The van der Waals surface area contributed by atoms with Crippen LogP contribution in [0.3, 0.4) is 0 Å². The van der Waals surface area contributed by atoms with Crippen LogP contribution < -0.4 is 0 Å². The molecule has 0 atom stereocenters. The number of hydrogen-bond donors (Lipinski definition) is 0. The fourth-order valence-electron chi connectivity index (χ4n) is 1.18. The molecule has 1 fully saturated rings. The predicted molar refractivity (Wildman–Crippen MR) is 82.0 cm³/mol. The largest absolute Gasteiger partial charge is 0 e. The summed E-state index contributed by atoms with van der Waals surface area (Å²) in [5.74, 6) is 3.28. The standard InChI is InChI=1S/C10H19NOSi.6CO.2Co/c1-13(2,3)10-4-5-11-6-8-12-9-7-11;6*1-2;;/h5-9H2,1-3H3;;;;;;;;. The van der Waals surface area contributed by atoms with Gasteiger partial charge in [-0.1, -0.05) is 25.6 Å². The Labute approximate surface area is 182 Å². The molecule has 1 heterocycles. The molecule has 0 saturated carbocycles. The second-order valence-electron chi connectivity index (χ2n) is 4.44. The van der Waals surface area contributed by atoms with Crippen LogP contribution in [-0.4, -0.2) is 45.8 Å². The molecule has 1 aliphatic heterocycles. The summed E-state index contributed by atoms with van der Waals surface area (Å²) in [5.41, 5.74) is 3.38. The summed E-state index contributed by atoms with van der Waals surface area (Å²) < 4.78 is 50.3. The zero-order valence-corrected chi connectivity index (χ0v) is 18.1. The van der Waals surface area contributed by atoms with Gasteiger partial charge in [0, 0.05) is 46.6 Å². The predicted octanol–water partition coefficient (Wildman–Crippen LogP) is 0.969. The van der Waals surface area contributed by atoms with Crippen molar-refractivity contribution in [1.82, 2.24) is 4.90 Å². The quantitative estimate of drug-likeness (QED) is 0.238. The van der Waals surface area contributed by atoms with E-state index in [9.17, 15) is 0 Å². The molecule has 1 rings (SSSR count). The van der Waals surface area contributed by atoms with Crippen molar-refractivity contribution in [3.63, 3.8) is 0 Å². The van der Waals surface area contributed by atoms with Crippen molar-refractivity contribution in [2.45, 2.75) is 19.6 Å². The zero-order valence-electron chi connectivity index (χ0n) is 15.0. The summed E-state index contributed by atoms with van der Waals surface area (Å²) in [6.07, 6.45) is 0. The van der Waals surface area contributed by atoms with E-state index in [1.54, 1.807) is 0 Å². The van der Waals surface area contributed by atoms with E-state index in [2.05, 4.69) is 75.9 Å². The van der Waals surface area contributed by atoms with Crippen LogP contribution in [0.4, 0.5) is 0 Å². The molecule has 8 nitrogen and oxygen atoms in total. The fourth-order valence-corrected chi connectivity index (χ4v) is 1.79. The van der Waals surface area contributed by atoms with Crippen molar-refractivity contribution in [2.24, 2.45) is 0 Å². The minimum Gasteiger partial charge on any atom is 0 e. The number of morpholine rings is 1. The van der Waals surface area contributed by atoms with Gasteiger partial charge in [0.05, 0.1) is 19.8 Å². The monoisotopic (exact) mass is 483 g/mol. The van der Waals surface area contributed by atoms with Crippen LogP contribution in [0.2, 0.25) is 19.6 Å². The first-order valence-electron chi connectivity index (χ1n) is 6.10. The van der Waals surface area contributed by atoms with Gasteiger partial charge in [0.15, 0.2) is 0 Å². The van der Waals surface area contributed by atoms with Crippen LogP contribution in [-0.2, 0) is 66.2 Å². The first kappa shape index (κ1) is 50.2. The third kappa shape index (κ3) is 67.3. The molecule has 2 radical (unpaired) electrons. The van der Waals surface area contributed by atoms with Crippen molar-refractivity contribution < 1.29 is 66.2 Å². The van der Waals surface area contributed by atoms with Gasteiger partial charge in [0.2, 0.25) is 0 Å². The maximum atomic E-state index is 7.50. The molecule has 152 valence electrons. The smallest absolute Gasteiger partial charge is 0 e. The van der Waals surface area contributed by atoms with E-state index < -0.39 is 8.07 Å². The van der Waals surface area contributed by atoms with Gasteiger partial charge in [-0.3, -0.25) is 4.90 Å². The zero-order chi connectivity index (χ0) is 21.7. The average molecular weight is 483 g/mol. The van der Waals surface area contributed by atoms with Crippen LogP contribution in [0.15, 0.2) is 0 Å². The van der Waals surface area contributed by atoms with Gasteiger partial charge in [0.1, 0.15) is 8.07 Å². The summed E-state index contributed by atoms with van der Waals surface area (Å²) in [6, 6.07) is 0. The average Bonchev–Trinajstić information content (AvgIpc) is 2.71. The molecule has 0 unspecified atom stereocenters.